The van der Waals surface area contributed by atoms with Gasteiger partial charge in [0.2, 0.25) is 0 Å². The first-order chi connectivity index (χ1) is 13.8. The Balaban J connectivity index is 1.92. The SMILES string of the molecule is CC(C)NC(=O)C(=O)N/N=C\c1ccccc1OCC(=O)Nc1cccc(Cl)c1. The maximum absolute atomic E-state index is 12.1. The molecule has 3 N–H and O–H groups in total. The van der Waals surface area contributed by atoms with Gasteiger partial charge in [0.05, 0.1) is 6.21 Å². The van der Waals surface area contributed by atoms with Crippen molar-refractivity contribution in [3.05, 3.63) is 59.1 Å². The van der Waals surface area contributed by atoms with Gasteiger partial charge in [-0.25, -0.2) is 5.43 Å². The van der Waals surface area contributed by atoms with Gasteiger partial charge in [0, 0.05) is 22.3 Å². The summed E-state index contributed by atoms with van der Waals surface area (Å²) >= 11 is 5.88. The fraction of sp³-hybridized carbons (Fsp3) is 0.200. The van der Waals surface area contributed by atoms with E-state index in [0.717, 1.165) is 0 Å². The monoisotopic (exact) mass is 416 g/mol. The number of hydrazone groups is 1. The number of carbonyl (C=O) groups is 3. The molecule has 0 saturated carbocycles. The topological polar surface area (TPSA) is 109 Å². The van der Waals surface area contributed by atoms with E-state index in [0.29, 0.717) is 22.0 Å². The van der Waals surface area contributed by atoms with Crippen LogP contribution in [0.2, 0.25) is 5.02 Å². The molecule has 0 bridgehead atoms. The molecule has 0 radical (unpaired) electrons. The van der Waals surface area contributed by atoms with Crippen LogP contribution in [0.25, 0.3) is 0 Å². The fourth-order valence-corrected chi connectivity index (χ4v) is 2.35. The molecule has 2 aromatic carbocycles. The second-order valence-corrected chi connectivity index (χ2v) is 6.65. The van der Waals surface area contributed by atoms with E-state index < -0.39 is 11.8 Å². The average molecular weight is 417 g/mol. The third kappa shape index (κ3) is 7.63. The molecule has 0 aromatic heterocycles. The first-order valence-electron chi connectivity index (χ1n) is 8.76. The lowest BCUT2D eigenvalue weighted by Gasteiger charge is -2.10. The maximum Gasteiger partial charge on any atom is 0.329 e. The number of halogens is 1. The van der Waals surface area contributed by atoms with E-state index in [1.807, 2.05) is 0 Å². The van der Waals surface area contributed by atoms with Crippen LogP contribution < -0.4 is 20.8 Å². The summed E-state index contributed by atoms with van der Waals surface area (Å²) in [4.78, 5) is 35.2. The highest BCUT2D eigenvalue weighted by atomic mass is 35.5. The van der Waals surface area contributed by atoms with Gasteiger partial charge in [0.25, 0.3) is 5.91 Å². The maximum atomic E-state index is 12.1. The Hall–Kier alpha value is -3.39. The second-order valence-electron chi connectivity index (χ2n) is 6.21. The number of nitrogens with zero attached hydrogens (tertiary/aromatic N) is 1. The second kappa shape index (κ2) is 10.8. The van der Waals surface area contributed by atoms with Crippen molar-refractivity contribution in [1.29, 1.82) is 0 Å². The summed E-state index contributed by atoms with van der Waals surface area (Å²) < 4.78 is 5.53. The van der Waals surface area contributed by atoms with Crippen molar-refractivity contribution in [1.82, 2.24) is 10.7 Å². The first-order valence-corrected chi connectivity index (χ1v) is 9.14. The molecule has 29 heavy (non-hydrogen) atoms. The minimum atomic E-state index is -0.880. The standard InChI is InChI=1S/C20H21ClN4O4/c1-13(2)23-19(27)20(28)25-22-11-14-6-3-4-9-17(14)29-12-18(26)24-16-8-5-7-15(21)10-16/h3-11,13H,12H2,1-2H3,(H,23,27)(H,24,26)(H,25,28)/b22-11-. The summed E-state index contributed by atoms with van der Waals surface area (Å²) in [6.07, 6.45) is 1.32. The number of rotatable bonds is 7. The van der Waals surface area contributed by atoms with Gasteiger partial charge in [0.1, 0.15) is 5.75 Å². The average Bonchev–Trinajstić information content (AvgIpc) is 2.66. The summed E-state index contributed by atoms with van der Waals surface area (Å²) in [5, 5.41) is 9.39. The number of ether oxygens (including phenoxy) is 1. The molecule has 0 spiro atoms. The van der Waals surface area contributed by atoms with Crippen LogP contribution in [0.1, 0.15) is 19.4 Å². The number of benzene rings is 2. The van der Waals surface area contributed by atoms with Gasteiger partial charge in [-0.3, -0.25) is 14.4 Å². The zero-order valence-corrected chi connectivity index (χ0v) is 16.7. The zero-order chi connectivity index (χ0) is 21.2. The first kappa shape index (κ1) is 21.9. The predicted octanol–water partition coefficient (Wildman–Crippen LogP) is 2.33. The molecule has 3 amide bonds. The highest BCUT2D eigenvalue weighted by Crippen LogP contribution is 2.17. The summed E-state index contributed by atoms with van der Waals surface area (Å²) in [6.45, 7) is 3.25. The summed E-state index contributed by atoms with van der Waals surface area (Å²) in [7, 11) is 0. The summed E-state index contributed by atoms with van der Waals surface area (Å²) in [6, 6.07) is 13.4. The Morgan fingerprint density at radius 2 is 1.86 bits per heavy atom. The number of amides is 3. The van der Waals surface area contributed by atoms with Gasteiger partial charge in [-0.1, -0.05) is 29.8 Å². The van der Waals surface area contributed by atoms with Gasteiger partial charge in [-0.2, -0.15) is 5.10 Å². The van der Waals surface area contributed by atoms with Crippen LogP contribution in [-0.4, -0.2) is 36.6 Å². The highest BCUT2D eigenvalue weighted by molar-refractivity contribution is 6.35. The van der Waals surface area contributed by atoms with E-state index in [1.165, 1.54) is 6.21 Å². The van der Waals surface area contributed by atoms with Crippen LogP contribution in [0.5, 0.6) is 5.75 Å². The van der Waals surface area contributed by atoms with Crippen LogP contribution in [0, 0.1) is 0 Å². The molecule has 0 heterocycles. The Kier molecular flexibility index (Phi) is 8.17. The Morgan fingerprint density at radius 1 is 1.10 bits per heavy atom. The van der Waals surface area contributed by atoms with Gasteiger partial charge in [0.15, 0.2) is 6.61 Å². The van der Waals surface area contributed by atoms with Crippen LogP contribution in [-0.2, 0) is 14.4 Å². The van der Waals surface area contributed by atoms with E-state index >= 15 is 0 Å². The molecule has 0 aliphatic carbocycles. The molecule has 2 aromatic rings. The molecular weight excluding hydrogens is 396 g/mol. The minimum Gasteiger partial charge on any atom is -0.483 e. The van der Waals surface area contributed by atoms with Crippen molar-refractivity contribution in [2.75, 3.05) is 11.9 Å². The Labute approximate surface area is 173 Å². The molecule has 0 saturated heterocycles. The van der Waals surface area contributed by atoms with Crippen LogP contribution >= 0.6 is 11.6 Å². The van der Waals surface area contributed by atoms with E-state index in [2.05, 4.69) is 21.2 Å². The molecule has 0 aliphatic rings. The third-order valence-corrected chi connectivity index (χ3v) is 3.62. The third-order valence-electron chi connectivity index (χ3n) is 3.38. The number of carbonyl (C=O) groups excluding carboxylic acids is 3. The molecule has 0 fully saturated rings. The fourth-order valence-electron chi connectivity index (χ4n) is 2.16. The molecular formula is C20H21ClN4O4. The summed E-state index contributed by atoms with van der Waals surface area (Å²) in [5.74, 6) is -1.63. The number of para-hydroxylation sites is 1. The van der Waals surface area contributed by atoms with Crippen LogP contribution in [0.3, 0.4) is 0 Å². The highest BCUT2D eigenvalue weighted by Gasteiger charge is 2.13. The zero-order valence-electron chi connectivity index (χ0n) is 15.9. The van der Waals surface area contributed by atoms with E-state index in [4.69, 9.17) is 16.3 Å². The molecule has 0 aliphatic heterocycles. The smallest absolute Gasteiger partial charge is 0.329 e. The van der Waals surface area contributed by atoms with Crippen molar-refractivity contribution in [2.45, 2.75) is 19.9 Å². The molecule has 8 nitrogen and oxygen atoms in total. The molecule has 0 atom stereocenters. The van der Waals surface area contributed by atoms with Crippen LogP contribution in [0.4, 0.5) is 5.69 Å². The summed E-state index contributed by atoms with van der Waals surface area (Å²) in [5.41, 5.74) is 3.22. The van der Waals surface area contributed by atoms with Crippen molar-refractivity contribution < 1.29 is 19.1 Å². The van der Waals surface area contributed by atoms with Gasteiger partial charge in [-0.05, 0) is 44.2 Å². The number of hydrogen-bond acceptors (Lipinski definition) is 5. The van der Waals surface area contributed by atoms with Crippen molar-refractivity contribution in [2.24, 2.45) is 5.10 Å². The van der Waals surface area contributed by atoms with E-state index in [1.54, 1.807) is 62.4 Å². The number of hydrogen-bond donors (Lipinski definition) is 3. The van der Waals surface area contributed by atoms with Gasteiger partial charge >= 0.3 is 11.8 Å². The van der Waals surface area contributed by atoms with E-state index in [-0.39, 0.29) is 18.6 Å². The largest absolute Gasteiger partial charge is 0.483 e. The van der Waals surface area contributed by atoms with Gasteiger partial charge < -0.3 is 15.4 Å². The van der Waals surface area contributed by atoms with E-state index in [9.17, 15) is 14.4 Å². The van der Waals surface area contributed by atoms with Crippen LogP contribution in [0.15, 0.2) is 53.6 Å². The van der Waals surface area contributed by atoms with Crippen molar-refractivity contribution in [3.63, 3.8) is 0 Å². The normalized spacial score (nSPS) is 10.6. The Bertz CT molecular complexity index is 915. The number of anilines is 1. The molecule has 0 unspecified atom stereocenters. The lowest BCUT2D eigenvalue weighted by molar-refractivity contribution is -0.139. The minimum absolute atomic E-state index is 0.163. The van der Waals surface area contributed by atoms with Crippen molar-refractivity contribution >= 4 is 41.2 Å². The van der Waals surface area contributed by atoms with Crippen molar-refractivity contribution in [3.8, 4) is 5.75 Å². The lowest BCUT2D eigenvalue weighted by atomic mass is 10.2. The number of nitrogens with one attached hydrogen (secondary N) is 3. The quantitative estimate of drug-likeness (QED) is 0.365. The molecule has 9 heteroatoms. The predicted molar refractivity (Wildman–Crippen MR) is 111 cm³/mol. The molecule has 2 rings (SSSR count). The Morgan fingerprint density at radius 3 is 2.59 bits per heavy atom. The molecule has 152 valence electrons. The van der Waals surface area contributed by atoms with Gasteiger partial charge in [-0.15, -0.1) is 0 Å². The lowest BCUT2D eigenvalue weighted by Crippen LogP contribution is -2.41.